The van der Waals surface area contributed by atoms with Crippen LogP contribution in [0.4, 0.5) is 0 Å². The summed E-state index contributed by atoms with van der Waals surface area (Å²) in [6, 6.07) is 0. The number of nitrogens with zero attached hydrogens (tertiary/aromatic N) is 3. The third-order valence-electron chi connectivity index (χ3n) is 2.09. The molecule has 1 aromatic heterocycles. The molecule has 0 unspecified atom stereocenters. The SMILES string of the molecule is CCOCc1cn(C(C)(C)C(=O)O)nn1. The molecule has 0 saturated carbocycles. The molecule has 6 heteroatoms. The van der Waals surface area contributed by atoms with Crippen LogP contribution in [0, 0.1) is 0 Å². The van der Waals surface area contributed by atoms with Crippen LogP contribution >= 0.6 is 0 Å². The largest absolute Gasteiger partial charge is 0.479 e. The number of carboxylic acids is 1. The van der Waals surface area contributed by atoms with Crippen molar-refractivity contribution >= 4 is 5.97 Å². The number of aromatic nitrogens is 3. The molecule has 15 heavy (non-hydrogen) atoms. The van der Waals surface area contributed by atoms with E-state index in [-0.39, 0.29) is 0 Å². The van der Waals surface area contributed by atoms with Crippen LogP contribution < -0.4 is 0 Å². The van der Waals surface area contributed by atoms with E-state index in [1.54, 1.807) is 20.0 Å². The summed E-state index contributed by atoms with van der Waals surface area (Å²) in [6.07, 6.45) is 1.59. The Morgan fingerprint density at radius 2 is 2.33 bits per heavy atom. The second kappa shape index (κ2) is 4.39. The van der Waals surface area contributed by atoms with Crippen molar-refractivity contribution in [2.24, 2.45) is 0 Å². The van der Waals surface area contributed by atoms with Crippen LogP contribution in [-0.2, 0) is 21.7 Å². The van der Waals surface area contributed by atoms with E-state index in [4.69, 9.17) is 9.84 Å². The molecular formula is C9H15N3O3. The van der Waals surface area contributed by atoms with Gasteiger partial charge in [-0.3, -0.25) is 0 Å². The average molecular weight is 213 g/mol. The predicted molar refractivity (Wildman–Crippen MR) is 52.3 cm³/mol. The van der Waals surface area contributed by atoms with Gasteiger partial charge in [-0.05, 0) is 20.8 Å². The Morgan fingerprint density at radius 1 is 1.67 bits per heavy atom. The molecule has 1 N–H and O–H groups in total. The molecule has 6 nitrogen and oxygen atoms in total. The summed E-state index contributed by atoms with van der Waals surface area (Å²) in [5.41, 5.74) is -0.455. The Morgan fingerprint density at radius 3 is 2.87 bits per heavy atom. The van der Waals surface area contributed by atoms with Gasteiger partial charge < -0.3 is 9.84 Å². The minimum absolute atomic E-state index is 0.353. The molecule has 0 aliphatic rings. The lowest BCUT2D eigenvalue weighted by Gasteiger charge is -2.18. The summed E-state index contributed by atoms with van der Waals surface area (Å²) in [4.78, 5) is 10.9. The van der Waals surface area contributed by atoms with E-state index in [1.165, 1.54) is 4.68 Å². The fraction of sp³-hybridized carbons (Fsp3) is 0.667. The van der Waals surface area contributed by atoms with Gasteiger partial charge in [-0.25, -0.2) is 9.48 Å². The van der Waals surface area contributed by atoms with Crippen LogP contribution in [0.2, 0.25) is 0 Å². The van der Waals surface area contributed by atoms with E-state index < -0.39 is 11.5 Å². The zero-order chi connectivity index (χ0) is 11.5. The molecule has 1 rings (SSSR count). The minimum Gasteiger partial charge on any atom is -0.479 e. The molecule has 1 heterocycles. The van der Waals surface area contributed by atoms with Crippen LogP contribution in [0.1, 0.15) is 26.5 Å². The molecular weight excluding hydrogens is 198 g/mol. The van der Waals surface area contributed by atoms with Crippen LogP contribution in [0.25, 0.3) is 0 Å². The van der Waals surface area contributed by atoms with Gasteiger partial charge in [0.05, 0.1) is 12.8 Å². The van der Waals surface area contributed by atoms with Gasteiger partial charge in [0.2, 0.25) is 0 Å². The van der Waals surface area contributed by atoms with Crippen molar-refractivity contribution in [3.05, 3.63) is 11.9 Å². The molecule has 0 saturated heterocycles. The molecule has 84 valence electrons. The zero-order valence-corrected chi connectivity index (χ0v) is 9.10. The standard InChI is InChI=1S/C9H15N3O3/c1-4-15-6-7-5-12(11-10-7)9(2,3)8(13)14/h5H,4,6H2,1-3H3,(H,13,14). The molecule has 0 bridgehead atoms. The van der Waals surface area contributed by atoms with Gasteiger partial charge in [0.15, 0.2) is 5.54 Å². The van der Waals surface area contributed by atoms with E-state index >= 15 is 0 Å². The van der Waals surface area contributed by atoms with Crippen LogP contribution in [0.3, 0.4) is 0 Å². The fourth-order valence-electron chi connectivity index (χ4n) is 0.942. The molecule has 0 spiro atoms. The first-order chi connectivity index (χ1) is 6.98. The van der Waals surface area contributed by atoms with Gasteiger partial charge >= 0.3 is 5.97 Å². The first-order valence-electron chi connectivity index (χ1n) is 4.71. The molecule has 0 fully saturated rings. The number of carboxylic acid groups (broad SMARTS) is 1. The monoisotopic (exact) mass is 213 g/mol. The lowest BCUT2D eigenvalue weighted by atomic mass is 10.1. The first kappa shape index (κ1) is 11.6. The van der Waals surface area contributed by atoms with E-state index in [2.05, 4.69) is 10.3 Å². The number of rotatable bonds is 5. The zero-order valence-electron chi connectivity index (χ0n) is 9.10. The molecule has 0 radical (unpaired) electrons. The Hall–Kier alpha value is -1.43. The van der Waals surface area contributed by atoms with Crippen molar-refractivity contribution in [2.45, 2.75) is 32.9 Å². The highest BCUT2D eigenvalue weighted by molar-refractivity contribution is 5.75. The van der Waals surface area contributed by atoms with E-state index in [9.17, 15) is 4.79 Å². The normalized spacial score (nSPS) is 11.7. The van der Waals surface area contributed by atoms with Gasteiger partial charge in [-0.1, -0.05) is 5.21 Å². The number of ether oxygens (including phenoxy) is 1. The minimum atomic E-state index is -1.09. The summed E-state index contributed by atoms with van der Waals surface area (Å²) >= 11 is 0. The van der Waals surface area contributed by atoms with Crippen LogP contribution in [0.15, 0.2) is 6.20 Å². The molecule has 0 aromatic carbocycles. The van der Waals surface area contributed by atoms with Gasteiger partial charge in [-0.2, -0.15) is 0 Å². The lowest BCUT2D eigenvalue weighted by Crippen LogP contribution is -2.36. The maximum absolute atomic E-state index is 10.9. The number of aliphatic carboxylic acids is 1. The van der Waals surface area contributed by atoms with Crippen molar-refractivity contribution in [2.75, 3.05) is 6.61 Å². The Bertz CT molecular complexity index is 346. The highest BCUT2D eigenvalue weighted by Gasteiger charge is 2.30. The third kappa shape index (κ3) is 2.53. The van der Waals surface area contributed by atoms with Crippen molar-refractivity contribution in [1.29, 1.82) is 0 Å². The van der Waals surface area contributed by atoms with Crippen LogP contribution in [-0.4, -0.2) is 32.7 Å². The second-order valence-corrected chi connectivity index (χ2v) is 3.66. The second-order valence-electron chi connectivity index (χ2n) is 3.66. The van der Waals surface area contributed by atoms with Crippen molar-refractivity contribution in [3.8, 4) is 0 Å². The van der Waals surface area contributed by atoms with E-state index in [0.717, 1.165) is 0 Å². The van der Waals surface area contributed by atoms with Crippen LogP contribution in [0.5, 0.6) is 0 Å². The van der Waals surface area contributed by atoms with Gasteiger partial charge in [0, 0.05) is 6.61 Å². The summed E-state index contributed by atoms with van der Waals surface area (Å²) in [6.45, 7) is 5.95. The highest BCUT2D eigenvalue weighted by atomic mass is 16.5. The van der Waals surface area contributed by atoms with Crippen molar-refractivity contribution in [3.63, 3.8) is 0 Å². The number of hydrogen-bond donors (Lipinski definition) is 1. The van der Waals surface area contributed by atoms with E-state index in [1.807, 2.05) is 6.92 Å². The molecule has 0 aliphatic carbocycles. The molecule has 0 amide bonds. The van der Waals surface area contributed by atoms with Crippen molar-refractivity contribution in [1.82, 2.24) is 15.0 Å². The Kier molecular flexibility index (Phi) is 3.41. The van der Waals surface area contributed by atoms with Gasteiger partial charge in [0.1, 0.15) is 5.69 Å². The quantitative estimate of drug-likeness (QED) is 0.776. The van der Waals surface area contributed by atoms with Gasteiger partial charge in [-0.15, -0.1) is 5.10 Å². The summed E-state index contributed by atoms with van der Waals surface area (Å²) in [5, 5.41) is 16.6. The molecule has 0 aliphatic heterocycles. The topological polar surface area (TPSA) is 77.2 Å². The van der Waals surface area contributed by atoms with Crippen molar-refractivity contribution < 1.29 is 14.6 Å². The molecule has 1 aromatic rings. The fourth-order valence-corrected chi connectivity index (χ4v) is 0.942. The summed E-state index contributed by atoms with van der Waals surface area (Å²) < 4.78 is 6.47. The summed E-state index contributed by atoms with van der Waals surface area (Å²) in [7, 11) is 0. The Labute approximate surface area is 87.9 Å². The lowest BCUT2D eigenvalue weighted by molar-refractivity contribution is -0.146. The average Bonchev–Trinajstić information content (AvgIpc) is 2.63. The maximum Gasteiger partial charge on any atom is 0.331 e. The molecule has 0 atom stereocenters. The summed E-state index contributed by atoms with van der Waals surface area (Å²) in [5.74, 6) is -0.949. The Balaban J connectivity index is 2.79. The van der Waals surface area contributed by atoms with Gasteiger partial charge in [0.25, 0.3) is 0 Å². The van der Waals surface area contributed by atoms with E-state index in [0.29, 0.717) is 18.9 Å². The highest BCUT2D eigenvalue weighted by Crippen LogP contribution is 2.13. The third-order valence-corrected chi connectivity index (χ3v) is 2.09. The number of hydrogen-bond acceptors (Lipinski definition) is 4. The smallest absolute Gasteiger partial charge is 0.331 e. The predicted octanol–water partition coefficient (Wildman–Crippen LogP) is 0.634. The maximum atomic E-state index is 10.9. The first-order valence-corrected chi connectivity index (χ1v) is 4.71. The number of carbonyl (C=O) groups is 1.